The lowest BCUT2D eigenvalue weighted by atomic mass is 9.75. The van der Waals surface area contributed by atoms with E-state index in [4.69, 9.17) is 5.73 Å². The summed E-state index contributed by atoms with van der Waals surface area (Å²) in [7, 11) is 1.92. The minimum atomic E-state index is -0.306. The number of carbonyl (C=O) groups excluding carboxylic acids is 1. The lowest BCUT2D eigenvalue weighted by Gasteiger charge is -2.39. The number of hydrogen-bond acceptors (Lipinski definition) is 2. The van der Waals surface area contributed by atoms with Gasteiger partial charge in [-0.3, -0.25) is 4.79 Å². The molecule has 1 atom stereocenters. The molecule has 1 saturated carbocycles. The van der Waals surface area contributed by atoms with E-state index in [1.165, 1.54) is 12.8 Å². The third-order valence-electron chi connectivity index (χ3n) is 4.12. The zero-order chi connectivity index (χ0) is 13.1. The summed E-state index contributed by atoms with van der Waals surface area (Å²) in [5.41, 5.74) is 6.35. The molecule has 1 aliphatic carbocycles. The fraction of sp³-hybridized carbons (Fsp3) is 0.929. The standard InChI is InChI=1S/C14H28N2O/c1-5-6-12(15)13(17)16(4)11-7-9-14(2,3)10-8-11/h11-12H,5-10,15H2,1-4H3. The van der Waals surface area contributed by atoms with E-state index in [0.717, 1.165) is 25.7 Å². The predicted molar refractivity (Wildman–Crippen MR) is 71.7 cm³/mol. The molecule has 1 amide bonds. The van der Waals surface area contributed by atoms with Crippen LogP contribution in [0.3, 0.4) is 0 Å². The molecule has 0 radical (unpaired) electrons. The second-order valence-corrected chi connectivity index (χ2v) is 6.24. The molecule has 1 fully saturated rings. The van der Waals surface area contributed by atoms with Crippen molar-refractivity contribution in [3.05, 3.63) is 0 Å². The highest BCUT2D eigenvalue weighted by atomic mass is 16.2. The topological polar surface area (TPSA) is 46.3 Å². The van der Waals surface area contributed by atoms with Gasteiger partial charge in [-0.2, -0.15) is 0 Å². The second kappa shape index (κ2) is 5.85. The molecule has 3 heteroatoms. The first-order valence-corrected chi connectivity index (χ1v) is 6.89. The number of rotatable bonds is 4. The molecule has 3 nitrogen and oxygen atoms in total. The van der Waals surface area contributed by atoms with Crippen LogP contribution >= 0.6 is 0 Å². The van der Waals surface area contributed by atoms with Crippen LogP contribution in [0, 0.1) is 5.41 Å². The number of nitrogens with zero attached hydrogens (tertiary/aromatic N) is 1. The van der Waals surface area contributed by atoms with Gasteiger partial charge in [0.15, 0.2) is 0 Å². The van der Waals surface area contributed by atoms with Crippen molar-refractivity contribution in [3.8, 4) is 0 Å². The summed E-state index contributed by atoms with van der Waals surface area (Å²) in [5.74, 6) is 0.122. The van der Waals surface area contributed by atoms with Gasteiger partial charge in [-0.1, -0.05) is 27.2 Å². The smallest absolute Gasteiger partial charge is 0.239 e. The quantitative estimate of drug-likeness (QED) is 0.821. The fourth-order valence-corrected chi connectivity index (χ4v) is 2.65. The Balaban J connectivity index is 2.48. The monoisotopic (exact) mass is 240 g/mol. The van der Waals surface area contributed by atoms with Crippen molar-refractivity contribution in [3.63, 3.8) is 0 Å². The highest BCUT2D eigenvalue weighted by Crippen LogP contribution is 2.36. The van der Waals surface area contributed by atoms with E-state index in [0.29, 0.717) is 11.5 Å². The summed E-state index contributed by atoms with van der Waals surface area (Å²) < 4.78 is 0. The van der Waals surface area contributed by atoms with Gasteiger partial charge in [-0.15, -0.1) is 0 Å². The molecule has 0 spiro atoms. The summed E-state index contributed by atoms with van der Waals surface area (Å²) in [6.45, 7) is 6.69. The van der Waals surface area contributed by atoms with Crippen molar-refractivity contribution in [1.82, 2.24) is 4.90 Å². The van der Waals surface area contributed by atoms with E-state index in [-0.39, 0.29) is 11.9 Å². The third kappa shape index (κ3) is 3.98. The maximum atomic E-state index is 12.1. The molecule has 100 valence electrons. The third-order valence-corrected chi connectivity index (χ3v) is 4.12. The lowest BCUT2D eigenvalue weighted by molar-refractivity contribution is -0.134. The maximum absolute atomic E-state index is 12.1. The van der Waals surface area contributed by atoms with E-state index in [2.05, 4.69) is 20.8 Å². The average Bonchev–Trinajstić information content (AvgIpc) is 2.27. The highest BCUT2D eigenvalue weighted by molar-refractivity contribution is 5.81. The Morgan fingerprint density at radius 3 is 2.41 bits per heavy atom. The van der Waals surface area contributed by atoms with Crippen molar-refractivity contribution in [2.75, 3.05) is 7.05 Å². The number of hydrogen-bond donors (Lipinski definition) is 1. The van der Waals surface area contributed by atoms with E-state index < -0.39 is 0 Å². The first-order valence-electron chi connectivity index (χ1n) is 6.89. The van der Waals surface area contributed by atoms with Crippen LogP contribution in [-0.4, -0.2) is 29.9 Å². The molecule has 0 aromatic rings. The Kier molecular flexibility index (Phi) is 4.99. The van der Waals surface area contributed by atoms with Gasteiger partial charge in [0, 0.05) is 13.1 Å². The Labute approximate surface area is 106 Å². The lowest BCUT2D eigenvalue weighted by Crippen LogP contribution is -2.48. The van der Waals surface area contributed by atoms with Crippen LogP contribution in [0.4, 0.5) is 0 Å². The Morgan fingerprint density at radius 2 is 1.94 bits per heavy atom. The molecule has 0 aliphatic heterocycles. The minimum absolute atomic E-state index is 0.122. The molecule has 0 heterocycles. The number of amides is 1. The van der Waals surface area contributed by atoms with Gasteiger partial charge in [-0.05, 0) is 37.5 Å². The Hall–Kier alpha value is -0.570. The summed E-state index contributed by atoms with van der Waals surface area (Å²) in [6, 6.07) is 0.0957. The molecule has 0 aromatic carbocycles. The molecule has 0 bridgehead atoms. The summed E-state index contributed by atoms with van der Waals surface area (Å²) in [5, 5.41) is 0. The van der Waals surface area contributed by atoms with Crippen LogP contribution in [0.1, 0.15) is 59.3 Å². The Morgan fingerprint density at radius 1 is 1.41 bits per heavy atom. The van der Waals surface area contributed by atoms with Crippen molar-refractivity contribution >= 4 is 5.91 Å². The fourth-order valence-electron chi connectivity index (χ4n) is 2.65. The number of likely N-dealkylation sites (N-methyl/N-ethyl adjacent to an activating group) is 1. The first kappa shape index (κ1) is 14.5. The van der Waals surface area contributed by atoms with E-state index in [1.54, 1.807) is 0 Å². The van der Waals surface area contributed by atoms with Gasteiger partial charge in [-0.25, -0.2) is 0 Å². The van der Waals surface area contributed by atoms with Crippen LogP contribution in [0.2, 0.25) is 0 Å². The van der Waals surface area contributed by atoms with Crippen LogP contribution in [0.15, 0.2) is 0 Å². The second-order valence-electron chi connectivity index (χ2n) is 6.24. The molecule has 1 rings (SSSR count). The molecule has 1 unspecified atom stereocenters. The SMILES string of the molecule is CCCC(N)C(=O)N(C)C1CCC(C)(C)CC1. The summed E-state index contributed by atoms with van der Waals surface area (Å²) in [4.78, 5) is 14.0. The molecular weight excluding hydrogens is 212 g/mol. The average molecular weight is 240 g/mol. The molecule has 17 heavy (non-hydrogen) atoms. The van der Waals surface area contributed by atoms with Gasteiger partial charge < -0.3 is 10.6 Å². The maximum Gasteiger partial charge on any atom is 0.239 e. The number of nitrogens with two attached hydrogens (primary N) is 1. The van der Waals surface area contributed by atoms with Gasteiger partial charge in [0.1, 0.15) is 0 Å². The van der Waals surface area contributed by atoms with E-state index >= 15 is 0 Å². The number of carbonyl (C=O) groups is 1. The zero-order valence-corrected chi connectivity index (χ0v) is 11.8. The van der Waals surface area contributed by atoms with Crippen molar-refractivity contribution in [1.29, 1.82) is 0 Å². The van der Waals surface area contributed by atoms with Crippen LogP contribution in [0.25, 0.3) is 0 Å². The zero-order valence-electron chi connectivity index (χ0n) is 11.8. The minimum Gasteiger partial charge on any atom is -0.341 e. The molecule has 0 aromatic heterocycles. The summed E-state index contributed by atoms with van der Waals surface area (Å²) in [6.07, 6.45) is 6.42. The van der Waals surface area contributed by atoms with Crippen molar-refractivity contribution < 1.29 is 4.79 Å². The van der Waals surface area contributed by atoms with Gasteiger partial charge in [0.2, 0.25) is 5.91 Å². The predicted octanol–water partition coefficient (Wildman–Crippen LogP) is 2.54. The van der Waals surface area contributed by atoms with Crippen molar-refractivity contribution in [2.45, 2.75) is 71.4 Å². The highest BCUT2D eigenvalue weighted by Gasteiger charge is 2.31. The Bertz CT molecular complexity index is 253. The molecule has 0 saturated heterocycles. The van der Waals surface area contributed by atoms with Crippen LogP contribution in [-0.2, 0) is 4.79 Å². The first-order chi connectivity index (χ1) is 7.87. The van der Waals surface area contributed by atoms with Gasteiger partial charge >= 0.3 is 0 Å². The van der Waals surface area contributed by atoms with Crippen molar-refractivity contribution in [2.24, 2.45) is 11.1 Å². The van der Waals surface area contributed by atoms with Gasteiger partial charge in [0.05, 0.1) is 6.04 Å². The van der Waals surface area contributed by atoms with Crippen LogP contribution < -0.4 is 5.73 Å². The molecule has 1 aliphatic rings. The van der Waals surface area contributed by atoms with E-state index in [9.17, 15) is 4.79 Å². The molecular formula is C14H28N2O. The largest absolute Gasteiger partial charge is 0.341 e. The van der Waals surface area contributed by atoms with E-state index in [1.807, 2.05) is 11.9 Å². The molecule has 2 N–H and O–H groups in total. The van der Waals surface area contributed by atoms with Gasteiger partial charge in [0.25, 0.3) is 0 Å². The normalized spacial score (nSPS) is 22.2. The van der Waals surface area contributed by atoms with Crippen LogP contribution in [0.5, 0.6) is 0 Å². The summed E-state index contributed by atoms with van der Waals surface area (Å²) >= 11 is 0.